The van der Waals surface area contributed by atoms with E-state index in [2.05, 4.69) is 0 Å². The van der Waals surface area contributed by atoms with Gasteiger partial charge < -0.3 is 9.47 Å². The normalized spacial score (nSPS) is 11.0. The first-order chi connectivity index (χ1) is 8.77. The van der Waals surface area contributed by atoms with Gasteiger partial charge >= 0.3 is 0 Å². The van der Waals surface area contributed by atoms with Crippen LogP contribution in [-0.4, -0.2) is 25.8 Å². The number of ketones is 2. The molecular weight excluding hydrogens is 244 g/mol. The largest absolute Gasteiger partial charge is 0.497 e. The van der Waals surface area contributed by atoms with Crippen LogP contribution < -0.4 is 9.47 Å². The maximum absolute atomic E-state index is 12.1. The summed E-state index contributed by atoms with van der Waals surface area (Å²) in [7, 11) is 3.03. The molecule has 0 radical (unpaired) electrons. The number of hydrogen-bond donors (Lipinski definition) is 0. The summed E-state index contributed by atoms with van der Waals surface area (Å²) < 4.78 is 10.2. The van der Waals surface area contributed by atoms with Gasteiger partial charge in [0.15, 0.2) is 5.78 Å². The Bertz CT molecular complexity index is 461. The minimum absolute atomic E-state index is 0.0840. The third-order valence-electron chi connectivity index (χ3n) is 2.83. The molecule has 19 heavy (non-hydrogen) atoms. The summed E-state index contributed by atoms with van der Waals surface area (Å²) in [5.41, 5.74) is -0.0905. The van der Waals surface area contributed by atoms with Crippen LogP contribution in [0, 0.1) is 5.41 Å². The molecule has 1 aromatic carbocycles. The molecule has 104 valence electrons. The predicted octanol–water partition coefficient (Wildman–Crippen LogP) is 2.89. The van der Waals surface area contributed by atoms with E-state index in [9.17, 15) is 9.59 Å². The third kappa shape index (κ3) is 4.09. The molecule has 4 nitrogen and oxygen atoms in total. The molecule has 0 aromatic heterocycles. The van der Waals surface area contributed by atoms with Crippen molar-refractivity contribution in [3.05, 3.63) is 23.8 Å². The SMILES string of the molecule is COc1cc(OC)cc(C(=O)CC(=O)C(C)(C)C)c1. The van der Waals surface area contributed by atoms with E-state index >= 15 is 0 Å². The minimum atomic E-state index is -0.515. The molecule has 0 spiro atoms. The lowest BCUT2D eigenvalue weighted by atomic mass is 9.87. The molecular formula is C15H20O4. The van der Waals surface area contributed by atoms with Crippen molar-refractivity contribution in [3.63, 3.8) is 0 Å². The zero-order chi connectivity index (χ0) is 14.6. The fraction of sp³-hybridized carbons (Fsp3) is 0.467. The van der Waals surface area contributed by atoms with Gasteiger partial charge in [-0.25, -0.2) is 0 Å². The van der Waals surface area contributed by atoms with Crippen LogP contribution in [0.1, 0.15) is 37.6 Å². The second-order valence-corrected chi connectivity index (χ2v) is 5.37. The zero-order valence-electron chi connectivity index (χ0n) is 12.1. The van der Waals surface area contributed by atoms with Crippen LogP contribution in [0.2, 0.25) is 0 Å². The standard InChI is InChI=1S/C15H20O4/c1-15(2,3)14(17)9-13(16)10-6-11(18-4)8-12(7-10)19-5/h6-8H,9H2,1-5H3. The topological polar surface area (TPSA) is 52.6 Å². The molecule has 0 aliphatic heterocycles. The van der Waals surface area contributed by atoms with Crippen molar-refractivity contribution in [2.75, 3.05) is 14.2 Å². The molecule has 0 atom stereocenters. The summed E-state index contributed by atoms with van der Waals surface area (Å²) >= 11 is 0. The van der Waals surface area contributed by atoms with Crippen LogP contribution in [0.4, 0.5) is 0 Å². The Labute approximate surface area is 113 Å². The Balaban J connectivity index is 2.96. The lowest BCUT2D eigenvalue weighted by Crippen LogP contribution is -2.23. The number of methoxy groups -OCH3 is 2. The van der Waals surface area contributed by atoms with E-state index in [1.165, 1.54) is 14.2 Å². The summed E-state index contributed by atoms with van der Waals surface area (Å²) in [6.07, 6.45) is -0.111. The highest BCUT2D eigenvalue weighted by molar-refractivity contribution is 6.09. The van der Waals surface area contributed by atoms with Crippen molar-refractivity contribution in [2.24, 2.45) is 5.41 Å². The maximum Gasteiger partial charge on any atom is 0.170 e. The van der Waals surface area contributed by atoms with Gasteiger partial charge in [0.1, 0.15) is 17.3 Å². The molecule has 0 N–H and O–H groups in total. The van der Waals surface area contributed by atoms with Crippen molar-refractivity contribution in [1.82, 2.24) is 0 Å². The van der Waals surface area contributed by atoms with E-state index in [1.807, 2.05) is 0 Å². The third-order valence-corrected chi connectivity index (χ3v) is 2.83. The van der Waals surface area contributed by atoms with Gasteiger partial charge in [-0.05, 0) is 12.1 Å². The van der Waals surface area contributed by atoms with Gasteiger partial charge in [-0.1, -0.05) is 20.8 Å². The number of carbonyl (C=O) groups excluding carboxylic acids is 2. The summed E-state index contributed by atoms with van der Waals surface area (Å²) in [5.74, 6) is 0.758. The number of carbonyl (C=O) groups is 2. The Hall–Kier alpha value is -1.84. The fourth-order valence-electron chi connectivity index (χ4n) is 1.48. The van der Waals surface area contributed by atoms with E-state index in [-0.39, 0.29) is 18.0 Å². The summed E-state index contributed by atoms with van der Waals surface area (Å²) in [6, 6.07) is 4.91. The fourth-order valence-corrected chi connectivity index (χ4v) is 1.48. The van der Waals surface area contributed by atoms with E-state index in [4.69, 9.17) is 9.47 Å². The average molecular weight is 264 g/mol. The van der Waals surface area contributed by atoms with E-state index in [1.54, 1.807) is 39.0 Å². The first-order valence-corrected chi connectivity index (χ1v) is 6.07. The van der Waals surface area contributed by atoms with E-state index in [0.29, 0.717) is 17.1 Å². The molecule has 0 saturated carbocycles. The molecule has 0 fully saturated rings. The molecule has 0 bridgehead atoms. The van der Waals surface area contributed by atoms with Gasteiger partial charge in [0.25, 0.3) is 0 Å². The molecule has 0 aliphatic carbocycles. The highest BCUT2D eigenvalue weighted by atomic mass is 16.5. The van der Waals surface area contributed by atoms with Gasteiger partial charge in [-0.2, -0.15) is 0 Å². The number of benzene rings is 1. The van der Waals surface area contributed by atoms with Crippen molar-refractivity contribution < 1.29 is 19.1 Å². The quantitative estimate of drug-likeness (QED) is 0.606. The molecule has 0 saturated heterocycles. The number of ether oxygens (including phenoxy) is 2. The molecule has 0 heterocycles. The monoisotopic (exact) mass is 264 g/mol. The molecule has 1 aromatic rings. The van der Waals surface area contributed by atoms with Gasteiger partial charge in [-0.3, -0.25) is 9.59 Å². The second kappa shape index (κ2) is 5.87. The smallest absolute Gasteiger partial charge is 0.170 e. The summed E-state index contributed by atoms with van der Waals surface area (Å²) in [5, 5.41) is 0. The zero-order valence-corrected chi connectivity index (χ0v) is 12.1. The van der Waals surface area contributed by atoms with E-state index in [0.717, 1.165) is 0 Å². The first kappa shape index (κ1) is 15.2. The van der Waals surface area contributed by atoms with Gasteiger partial charge in [-0.15, -0.1) is 0 Å². The second-order valence-electron chi connectivity index (χ2n) is 5.37. The molecule has 0 unspecified atom stereocenters. The van der Waals surface area contributed by atoms with Crippen molar-refractivity contribution in [3.8, 4) is 11.5 Å². The van der Waals surface area contributed by atoms with Crippen LogP contribution in [0.5, 0.6) is 11.5 Å². The van der Waals surface area contributed by atoms with Crippen LogP contribution >= 0.6 is 0 Å². The minimum Gasteiger partial charge on any atom is -0.497 e. The first-order valence-electron chi connectivity index (χ1n) is 6.07. The van der Waals surface area contributed by atoms with Gasteiger partial charge in [0.2, 0.25) is 0 Å². The highest BCUT2D eigenvalue weighted by Gasteiger charge is 2.24. The highest BCUT2D eigenvalue weighted by Crippen LogP contribution is 2.25. The van der Waals surface area contributed by atoms with Crippen LogP contribution in [0.3, 0.4) is 0 Å². The maximum atomic E-state index is 12.1. The number of rotatable bonds is 5. The predicted molar refractivity (Wildman–Crippen MR) is 73.0 cm³/mol. The van der Waals surface area contributed by atoms with Crippen molar-refractivity contribution >= 4 is 11.6 Å². The van der Waals surface area contributed by atoms with Crippen LogP contribution in [0.15, 0.2) is 18.2 Å². The lowest BCUT2D eigenvalue weighted by molar-refractivity contribution is -0.125. The molecule has 4 heteroatoms. The van der Waals surface area contributed by atoms with Crippen LogP contribution in [-0.2, 0) is 4.79 Å². The molecule has 1 rings (SSSR count). The van der Waals surface area contributed by atoms with E-state index < -0.39 is 5.41 Å². The average Bonchev–Trinajstić information content (AvgIpc) is 2.36. The molecule has 0 amide bonds. The van der Waals surface area contributed by atoms with Crippen LogP contribution in [0.25, 0.3) is 0 Å². The van der Waals surface area contributed by atoms with Crippen molar-refractivity contribution in [2.45, 2.75) is 27.2 Å². The number of hydrogen-bond acceptors (Lipinski definition) is 4. The Morgan fingerprint density at radius 2 is 1.47 bits per heavy atom. The number of Topliss-reactive ketones (excluding diaryl/α,β-unsaturated/α-hetero) is 2. The Morgan fingerprint density at radius 3 is 1.84 bits per heavy atom. The Kier molecular flexibility index (Phi) is 4.70. The van der Waals surface area contributed by atoms with Gasteiger partial charge in [0, 0.05) is 17.0 Å². The summed E-state index contributed by atoms with van der Waals surface area (Å²) in [6.45, 7) is 5.40. The van der Waals surface area contributed by atoms with Crippen molar-refractivity contribution in [1.29, 1.82) is 0 Å². The lowest BCUT2D eigenvalue weighted by Gasteiger charge is -2.16. The summed E-state index contributed by atoms with van der Waals surface area (Å²) in [4.78, 5) is 24.0. The molecule has 0 aliphatic rings. The Morgan fingerprint density at radius 1 is 1.00 bits per heavy atom. The van der Waals surface area contributed by atoms with Gasteiger partial charge in [0.05, 0.1) is 20.6 Å².